The molecule has 3 heterocycles. The summed E-state index contributed by atoms with van der Waals surface area (Å²) in [7, 11) is 0. The largest absolute Gasteiger partial charge is 0.443 e. The second kappa shape index (κ2) is 10.1. The van der Waals surface area contributed by atoms with Crippen molar-refractivity contribution in [2.24, 2.45) is 0 Å². The lowest BCUT2D eigenvalue weighted by Crippen LogP contribution is -2.42. The summed E-state index contributed by atoms with van der Waals surface area (Å²) in [6.07, 6.45) is 8.20. The molecule has 2 aromatic rings. The van der Waals surface area contributed by atoms with Crippen LogP contribution in [0, 0.1) is 0 Å². The molecule has 0 saturated carbocycles. The number of benzene rings is 1. The smallest absolute Gasteiger partial charge is 0.273 e. The molecule has 7 nitrogen and oxygen atoms in total. The van der Waals surface area contributed by atoms with Crippen molar-refractivity contribution in [1.29, 1.82) is 0 Å². The summed E-state index contributed by atoms with van der Waals surface area (Å²) in [5.41, 5.74) is 1.40. The lowest BCUT2D eigenvalue weighted by molar-refractivity contribution is 0.0724. The average Bonchev–Trinajstić information content (AvgIpc) is 3.30. The van der Waals surface area contributed by atoms with E-state index in [2.05, 4.69) is 22.1 Å². The van der Waals surface area contributed by atoms with E-state index in [1.165, 1.54) is 25.7 Å². The Balaban J connectivity index is 1.46. The van der Waals surface area contributed by atoms with E-state index in [1.807, 2.05) is 23.1 Å². The molecular weight excluding hydrogens is 392 g/mol. The Morgan fingerprint density at radius 1 is 1.10 bits per heavy atom. The standard InChI is InChI=1S/C24H32N4O3/c1-18-9-5-8-13-27(18)16-12-25-23(29)21-22(31-17-26-21)19-10-3-4-11-20(19)24(30)28-14-6-2-7-15-28/h3-4,10-11,17-18H,2,5-9,12-16H2,1H3,(H,25,29)/t18-/m1/s1. The van der Waals surface area contributed by atoms with Gasteiger partial charge in [-0.05, 0) is 51.6 Å². The molecule has 1 atom stereocenters. The van der Waals surface area contributed by atoms with Gasteiger partial charge in [0.1, 0.15) is 0 Å². The first-order valence-electron chi connectivity index (χ1n) is 11.5. The first kappa shape index (κ1) is 21.6. The Labute approximate surface area is 183 Å². The molecule has 0 bridgehead atoms. The van der Waals surface area contributed by atoms with Crippen LogP contribution >= 0.6 is 0 Å². The van der Waals surface area contributed by atoms with Crippen LogP contribution in [0.3, 0.4) is 0 Å². The van der Waals surface area contributed by atoms with E-state index in [9.17, 15) is 9.59 Å². The number of oxazole rings is 1. The number of nitrogens with one attached hydrogen (secondary N) is 1. The van der Waals surface area contributed by atoms with Gasteiger partial charge in [0.05, 0.1) is 5.56 Å². The van der Waals surface area contributed by atoms with Crippen molar-refractivity contribution in [2.45, 2.75) is 51.5 Å². The van der Waals surface area contributed by atoms with Gasteiger partial charge in [0, 0.05) is 37.8 Å². The molecule has 2 aliphatic heterocycles. The monoisotopic (exact) mass is 424 g/mol. The number of hydrogen-bond acceptors (Lipinski definition) is 5. The van der Waals surface area contributed by atoms with E-state index in [1.54, 1.807) is 6.07 Å². The molecule has 0 aliphatic carbocycles. The van der Waals surface area contributed by atoms with Gasteiger partial charge in [-0.15, -0.1) is 0 Å². The van der Waals surface area contributed by atoms with E-state index < -0.39 is 0 Å². The third-order valence-electron chi connectivity index (χ3n) is 6.45. The van der Waals surface area contributed by atoms with Gasteiger partial charge in [0.25, 0.3) is 11.8 Å². The van der Waals surface area contributed by atoms with Gasteiger partial charge in [0.15, 0.2) is 17.8 Å². The van der Waals surface area contributed by atoms with Crippen molar-refractivity contribution >= 4 is 11.8 Å². The highest BCUT2D eigenvalue weighted by Crippen LogP contribution is 2.28. The molecule has 2 fully saturated rings. The van der Waals surface area contributed by atoms with E-state index in [0.717, 1.165) is 45.4 Å². The van der Waals surface area contributed by atoms with Crippen molar-refractivity contribution in [1.82, 2.24) is 20.1 Å². The maximum atomic E-state index is 13.1. The van der Waals surface area contributed by atoms with E-state index in [0.29, 0.717) is 29.5 Å². The summed E-state index contributed by atoms with van der Waals surface area (Å²) in [5.74, 6) is 0.0654. The number of carbonyl (C=O) groups excluding carboxylic acids is 2. The second-order valence-corrected chi connectivity index (χ2v) is 8.57. The summed E-state index contributed by atoms with van der Waals surface area (Å²) in [4.78, 5) is 34.5. The first-order valence-corrected chi connectivity index (χ1v) is 11.5. The van der Waals surface area contributed by atoms with Crippen LogP contribution in [-0.2, 0) is 0 Å². The molecule has 1 aromatic heterocycles. The van der Waals surface area contributed by atoms with Crippen molar-refractivity contribution in [3.63, 3.8) is 0 Å². The van der Waals surface area contributed by atoms with Crippen LogP contribution in [0.5, 0.6) is 0 Å². The van der Waals surface area contributed by atoms with Crippen LogP contribution in [0.4, 0.5) is 0 Å². The van der Waals surface area contributed by atoms with Crippen LogP contribution in [0.25, 0.3) is 11.3 Å². The maximum Gasteiger partial charge on any atom is 0.273 e. The van der Waals surface area contributed by atoms with Gasteiger partial charge < -0.3 is 14.6 Å². The SMILES string of the molecule is C[C@@H]1CCCCN1CCNC(=O)c1ncoc1-c1ccccc1C(=O)N1CCCCC1. The lowest BCUT2D eigenvalue weighted by Gasteiger charge is -2.33. The predicted octanol–water partition coefficient (Wildman–Crippen LogP) is 3.57. The third kappa shape index (κ3) is 4.98. The number of hydrogen-bond donors (Lipinski definition) is 1. The Morgan fingerprint density at radius 2 is 1.87 bits per heavy atom. The summed E-state index contributed by atoms with van der Waals surface area (Å²) >= 11 is 0. The number of rotatable bonds is 6. The normalized spacial score (nSPS) is 19.9. The number of aromatic nitrogens is 1. The van der Waals surface area contributed by atoms with Crippen molar-refractivity contribution in [3.8, 4) is 11.3 Å². The van der Waals surface area contributed by atoms with E-state index in [-0.39, 0.29) is 17.5 Å². The van der Waals surface area contributed by atoms with Crippen molar-refractivity contribution in [2.75, 3.05) is 32.7 Å². The summed E-state index contributed by atoms with van der Waals surface area (Å²) < 4.78 is 5.61. The molecule has 4 rings (SSSR count). The predicted molar refractivity (Wildman–Crippen MR) is 119 cm³/mol. The van der Waals surface area contributed by atoms with Gasteiger partial charge in [-0.1, -0.05) is 24.6 Å². The number of piperidine rings is 2. The number of amides is 2. The second-order valence-electron chi connectivity index (χ2n) is 8.57. The van der Waals surface area contributed by atoms with Gasteiger partial charge in [0.2, 0.25) is 0 Å². The minimum Gasteiger partial charge on any atom is -0.443 e. The zero-order valence-corrected chi connectivity index (χ0v) is 18.3. The molecule has 166 valence electrons. The summed E-state index contributed by atoms with van der Waals surface area (Å²) in [6, 6.07) is 7.87. The molecule has 2 amide bonds. The first-order chi connectivity index (χ1) is 15.1. The van der Waals surface area contributed by atoms with E-state index in [4.69, 9.17) is 4.42 Å². The highest BCUT2D eigenvalue weighted by molar-refractivity contribution is 6.04. The van der Waals surface area contributed by atoms with Gasteiger partial charge >= 0.3 is 0 Å². The van der Waals surface area contributed by atoms with Gasteiger partial charge in [-0.3, -0.25) is 14.5 Å². The van der Waals surface area contributed by atoms with Crippen LogP contribution in [-0.4, -0.2) is 65.4 Å². The van der Waals surface area contributed by atoms with Gasteiger partial charge in [-0.2, -0.15) is 0 Å². The van der Waals surface area contributed by atoms with Crippen LogP contribution in [0.1, 0.15) is 66.3 Å². The average molecular weight is 425 g/mol. The highest BCUT2D eigenvalue weighted by Gasteiger charge is 2.26. The molecule has 0 radical (unpaired) electrons. The van der Waals surface area contributed by atoms with Crippen molar-refractivity contribution < 1.29 is 14.0 Å². The topological polar surface area (TPSA) is 78.7 Å². The Morgan fingerprint density at radius 3 is 2.68 bits per heavy atom. The Kier molecular flexibility index (Phi) is 7.02. The molecule has 0 unspecified atom stereocenters. The number of nitrogens with zero attached hydrogens (tertiary/aromatic N) is 3. The molecule has 2 aliphatic rings. The molecular formula is C24H32N4O3. The minimum absolute atomic E-state index is 0.0165. The van der Waals surface area contributed by atoms with Gasteiger partial charge in [-0.25, -0.2) is 4.98 Å². The van der Waals surface area contributed by atoms with Crippen LogP contribution < -0.4 is 5.32 Å². The molecule has 31 heavy (non-hydrogen) atoms. The summed E-state index contributed by atoms with van der Waals surface area (Å²) in [6.45, 7) is 6.25. The third-order valence-corrected chi connectivity index (χ3v) is 6.45. The quantitative estimate of drug-likeness (QED) is 0.767. The lowest BCUT2D eigenvalue weighted by atomic mass is 10.0. The fourth-order valence-electron chi connectivity index (χ4n) is 4.62. The minimum atomic E-state index is -0.270. The summed E-state index contributed by atoms with van der Waals surface area (Å²) in [5, 5.41) is 2.98. The molecule has 2 saturated heterocycles. The zero-order valence-electron chi connectivity index (χ0n) is 18.3. The van der Waals surface area contributed by atoms with Crippen LogP contribution in [0.15, 0.2) is 35.1 Å². The Hall–Kier alpha value is -2.67. The number of carbonyl (C=O) groups is 2. The highest BCUT2D eigenvalue weighted by atomic mass is 16.3. The number of likely N-dealkylation sites (tertiary alicyclic amines) is 2. The van der Waals surface area contributed by atoms with E-state index >= 15 is 0 Å². The molecule has 1 aromatic carbocycles. The fourth-order valence-corrected chi connectivity index (χ4v) is 4.62. The maximum absolute atomic E-state index is 13.1. The zero-order chi connectivity index (χ0) is 21.6. The molecule has 0 spiro atoms. The fraction of sp³-hybridized carbons (Fsp3) is 0.542. The van der Waals surface area contributed by atoms with Crippen molar-refractivity contribution in [3.05, 3.63) is 41.9 Å². The van der Waals surface area contributed by atoms with Crippen LogP contribution in [0.2, 0.25) is 0 Å². The Bertz CT molecular complexity index is 904. The molecule has 7 heteroatoms. The molecule has 1 N–H and O–H groups in total.